The smallest absolute Gasteiger partial charge is 0.255 e. The molecule has 2 heterocycles. The van der Waals surface area contributed by atoms with Gasteiger partial charge >= 0.3 is 0 Å². The minimum Gasteiger partial charge on any atom is -0.493 e. The van der Waals surface area contributed by atoms with Gasteiger partial charge in [-0.25, -0.2) is 0 Å². The van der Waals surface area contributed by atoms with E-state index in [9.17, 15) is 9.59 Å². The van der Waals surface area contributed by atoms with Gasteiger partial charge in [-0.15, -0.1) is 21.5 Å². The Morgan fingerprint density at radius 3 is 2.79 bits per heavy atom. The zero-order valence-corrected chi connectivity index (χ0v) is 16.9. The van der Waals surface area contributed by atoms with Crippen LogP contribution in [0.15, 0.2) is 23.1 Å². The summed E-state index contributed by atoms with van der Waals surface area (Å²) in [6, 6.07) is 5.06. The van der Waals surface area contributed by atoms with Crippen LogP contribution in [-0.2, 0) is 16.0 Å². The Hall–Kier alpha value is -2.72. The second kappa shape index (κ2) is 8.53. The number of nitrogens with zero attached hydrogens (tertiary/aromatic N) is 2. The Bertz CT molecular complexity index is 970. The fourth-order valence-corrected chi connectivity index (χ4v) is 4.49. The molecule has 3 N–H and O–H groups in total. The van der Waals surface area contributed by atoms with Gasteiger partial charge in [0.25, 0.3) is 5.91 Å². The number of aryl methyl sites for hydroxylation is 1. The summed E-state index contributed by atoms with van der Waals surface area (Å²) in [7, 11) is 1.48. The number of hydrogen-bond donors (Lipinski definition) is 2. The molecular formula is C18H18N4O4S2. The average Bonchev–Trinajstić information content (AvgIpc) is 3.24. The lowest BCUT2D eigenvalue weighted by atomic mass is 10.1. The molecule has 1 aromatic carbocycles. The molecular weight excluding hydrogens is 400 g/mol. The van der Waals surface area contributed by atoms with Crippen molar-refractivity contribution in [2.45, 2.75) is 19.3 Å². The van der Waals surface area contributed by atoms with E-state index in [0.717, 1.165) is 23.2 Å². The summed E-state index contributed by atoms with van der Waals surface area (Å²) >= 11 is 2.48. The van der Waals surface area contributed by atoms with Gasteiger partial charge in [-0.05, 0) is 30.2 Å². The highest BCUT2D eigenvalue weighted by Gasteiger charge is 2.39. The maximum absolute atomic E-state index is 12.8. The maximum Gasteiger partial charge on any atom is 0.255 e. The van der Waals surface area contributed by atoms with Crippen LogP contribution in [0.5, 0.6) is 11.5 Å². The Kier molecular flexibility index (Phi) is 6.10. The first-order chi connectivity index (χ1) is 13.4. The number of carbonyl (C=O) groups excluding carboxylic acids is 2. The number of allylic oxidation sites excluding steroid dienone is 1. The summed E-state index contributed by atoms with van der Waals surface area (Å²) in [5, 5.41) is 18.0. The molecule has 0 saturated carbocycles. The van der Waals surface area contributed by atoms with E-state index in [1.807, 2.05) is 6.92 Å². The molecule has 0 spiro atoms. The van der Waals surface area contributed by atoms with Gasteiger partial charge in [0.1, 0.15) is 15.9 Å². The Morgan fingerprint density at radius 1 is 1.36 bits per heavy atom. The van der Waals surface area contributed by atoms with E-state index in [1.54, 1.807) is 24.3 Å². The summed E-state index contributed by atoms with van der Waals surface area (Å²) in [5.41, 5.74) is 5.79. The monoisotopic (exact) mass is 418 g/mol. The summed E-state index contributed by atoms with van der Waals surface area (Å²) < 4.78 is 10.6. The average molecular weight is 419 g/mol. The van der Waals surface area contributed by atoms with Crippen LogP contribution in [0.25, 0.3) is 6.08 Å². The third-order valence-electron chi connectivity index (χ3n) is 3.87. The van der Waals surface area contributed by atoms with E-state index in [1.165, 1.54) is 18.4 Å². The lowest BCUT2D eigenvalue weighted by molar-refractivity contribution is -0.120. The zero-order chi connectivity index (χ0) is 20.3. The van der Waals surface area contributed by atoms with E-state index in [0.29, 0.717) is 27.0 Å². The van der Waals surface area contributed by atoms with Crippen molar-refractivity contribution in [2.24, 2.45) is 5.73 Å². The van der Waals surface area contributed by atoms with E-state index < -0.39 is 11.8 Å². The minimum atomic E-state index is -0.686. The topological polar surface area (TPSA) is 128 Å². The molecule has 10 heteroatoms. The lowest BCUT2D eigenvalue weighted by Crippen LogP contribution is -2.20. The van der Waals surface area contributed by atoms with Crippen LogP contribution in [0, 0.1) is 5.41 Å². The number of amides is 1. The molecule has 2 aromatic rings. The predicted molar refractivity (Wildman–Crippen MR) is 108 cm³/mol. The number of aromatic nitrogens is 2. The van der Waals surface area contributed by atoms with Crippen LogP contribution < -0.4 is 15.2 Å². The summed E-state index contributed by atoms with van der Waals surface area (Å²) in [6.07, 6.45) is 2.44. The van der Waals surface area contributed by atoms with Crippen LogP contribution in [0.2, 0.25) is 0 Å². The standard InChI is InChI=1S/C18H18N4O4S2/c1-3-14-21-22-18(28-14)15-16(24)12(27-17(15)20)7-9-4-5-10(11(6-9)25-2)26-8-13(19)23/h4-7,15,20H,3,8H2,1-2H3,(H2,19,23). The van der Waals surface area contributed by atoms with Crippen molar-refractivity contribution in [3.8, 4) is 11.5 Å². The highest BCUT2D eigenvalue weighted by Crippen LogP contribution is 2.42. The van der Waals surface area contributed by atoms with Crippen molar-refractivity contribution in [1.29, 1.82) is 5.41 Å². The number of nitrogens with one attached hydrogen (secondary N) is 1. The van der Waals surface area contributed by atoms with Crippen molar-refractivity contribution in [3.63, 3.8) is 0 Å². The van der Waals surface area contributed by atoms with Crippen molar-refractivity contribution >= 4 is 45.9 Å². The molecule has 1 fully saturated rings. The molecule has 1 amide bonds. The first-order valence-electron chi connectivity index (χ1n) is 8.36. The molecule has 1 aliphatic heterocycles. The molecule has 1 aromatic heterocycles. The fraction of sp³-hybridized carbons (Fsp3) is 0.278. The molecule has 0 bridgehead atoms. The van der Waals surface area contributed by atoms with Crippen LogP contribution in [0.4, 0.5) is 0 Å². The van der Waals surface area contributed by atoms with Crippen molar-refractivity contribution in [3.05, 3.63) is 38.7 Å². The maximum atomic E-state index is 12.8. The fourth-order valence-electron chi connectivity index (χ4n) is 2.53. The van der Waals surface area contributed by atoms with Crippen molar-refractivity contribution in [2.75, 3.05) is 13.7 Å². The number of hydrogen-bond acceptors (Lipinski definition) is 9. The van der Waals surface area contributed by atoms with Gasteiger partial charge in [-0.2, -0.15) is 0 Å². The minimum absolute atomic E-state index is 0.165. The number of thioether (sulfide) groups is 1. The SMILES string of the molecule is CCc1nnc(C2C(=N)SC(=Cc3ccc(OCC(N)=O)c(OC)c3)C2=O)s1. The van der Waals surface area contributed by atoms with Crippen LogP contribution in [-0.4, -0.2) is 40.6 Å². The molecule has 3 rings (SSSR count). The number of benzene rings is 1. The van der Waals surface area contributed by atoms with E-state index in [-0.39, 0.29) is 17.4 Å². The lowest BCUT2D eigenvalue weighted by Gasteiger charge is -2.10. The van der Waals surface area contributed by atoms with Crippen LogP contribution in [0.1, 0.15) is 28.4 Å². The molecule has 0 radical (unpaired) electrons. The molecule has 1 aliphatic rings. The molecule has 1 unspecified atom stereocenters. The van der Waals surface area contributed by atoms with Crippen molar-refractivity contribution < 1.29 is 19.1 Å². The van der Waals surface area contributed by atoms with E-state index in [2.05, 4.69) is 10.2 Å². The second-order valence-corrected chi connectivity index (χ2v) is 8.00. The predicted octanol–water partition coefficient (Wildman–Crippen LogP) is 2.39. The van der Waals surface area contributed by atoms with Gasteiger partial charge < -0.3 is 15.2 Å². The quantitative estimate of drug-likeness (QED) is 0.661. The Morgan fingerprint density at radius 2 is 2.14 bits per heavy atom. The number of Topliss-reactive ketones (excluding diaryl/α,β-unsaturated/α-hetero) is 1. The third-order valence-corrected chi connectivity index (χ3v) is 6.00. The molecule has 0 aliphatic carbocycles. The number of nitrogens with two attached hydrogens (primary N) is 1. The van der Waals surface area contributed by atoms with Gasteiger partial charge in [0.15, 0.2) is 23.9 Å². The first kappa shape index (κ1) is 20.0. The van der Waals surface area contributed by atoms with Gasteiger partial charge in [0, 0.05) is 0 Å². The summed E-state index contributed by atoms with van der Waals surface area (Å²) in [4.78, 5) is 24.2. The van der Waals surface area contributed by atoms with Gasteiger partial charge in [0.05, 0.1) is 17.1 Å². The number of methoxy groups -OCH3 is 1. The summed E-state index contributed by atoms with van der Waals surface area (Å²) in [6.45, 7) is 1.71. The molecule has 8 nitrogen and oxygen atoms in total. The van der Waals surface area contributed by atoms with Crippen molar-refractivity contribution in [1.82, 2.24) is 10.2 Å². The highest BCUT2D eigenvalue weighted by molar-refractivity contribution is 8.19. The van der Waals surface area contributed by atoms with Crippen LogP contribution >= 0.6 is 23.1 Å². The molecule has 1 atom stereocenters. The van der Waals surface area contributed by atoms with Gasteiger partial charge in [-0.1, -0.05) is 24.8 Å². The number of carbonyl (C=O) groups is 2. The molecule has 28 heavy (non-hydrogen) atoms. The number of rotatable bonds is 7. The second-order valence-electron chi connectivity index (χ2n) is 5.83. The Labute approximate surface area is 169 Å². The normalized spacial score (nSPS) is 17.9. The van der Waals surface area contributed by atoms with Gasteiger partial charge in [-0.3, -0.25) is 15.0 Å². The summed E-state index contributed by atoms with van der Waals surface area (Å²) in [5.74, 6) is -0.653. The first-order valence-corrected chi connectivity index (χ1v) is 9.99. The molecule has 146 valence electrons. The third kappa shape index (κ3) is 4.23. The zero-order valence-electron chi connectivity index (χ0n) is 15.2. The van der Waals surface area contributed by atoms with Crippen LogP contribution in [0.3, 0.4) is 0 Å². The number of ketones is 1. The molecule has 1 saturated heterocycles. The van der Waals surface area contributed by atoms with E-state index >= 15 is 0 Å². The Balaban J connectivity index is 1.84. The number of primary amides is 1. The van der Waals surface area contributed by atoms with E-state index in [4.69, 9.17) is 20.6 Å². The number of ether oxygens (including phenoxy) is 2. The largest absolute Gasteiger partial charge is 0.493 e. The highest BCUT2D eigenvalue weighted by atomic mass is 32.2. The van der Waals surface area contributed by atoms with Gasteiger partial charge in [0.2, 0.25) is 0 Å².